The number of nitrogens with one attached hydrogen (secondary N) is 1. The van der Waals surface area contributed by atoms with Crippen LogP contribution in [0.3, 0.4) is 0 Å². The SMILES string of the molecule is CC(C)C1(CNC(=O)COc2ccccc2C#N)CC1. The standard InChI is InChI=1S/C16H20N2O2/c1-12(2)16(7-8-16)11-18-15(19)10-20-14-6-4-3-5-13(14)9-17/h3-6,12H,7-8,10-11H2,1-2H3,(H,18,19). The van der Waals surface area contributed by atoms with Crippen molar-refractivity contribution in [3.05, 3.63) is 29.8 Å². The Balaban J connectivity index is 1.80. The molecule has 0 atom stereocenters. The van der Waals surface area contributed by atoms with Gasteiger partial charge in [-0.05, 0) is 36.3 Å². The Morgan fingerprint density at radius 3 is 2.75 bits per heavy atom. The largest absolute Gasteiger partial charge is 0.482 e. The van der Waals surface area contributed by atoms with Gasteiger partial charge >= 0.3 is 0 Å². The molecule has 1 amide bonds. The van der Waals surface area contributed by atoms with Crippen molar-refractivity contribution in [2.24, 2.45) is 11.3 Å². The first-order chi connectivity index (χ1) is 9.57. The number of hydrogen-bond acceptors (Lipinski definition) is 3. The third kappa shape index (κ3) is 3.30. The van der Waals surface area contributed by atoms with Crippen LogP contribution >= 0.6 is 0 Å². The molecule has 0 heterocycles. The molecule has 20 heavy (non-hydrogen) atoms. The summed E-state index contributed by atoms with van der Waals surface area (Å²) in [7, 11) is 0. The van der Waals surface area contributed by atoms with E-state index in [1.165, 1.54) is 12.8 Å². The van der Waals surface area contributed by atoms with E-state index in [1.807, 2.05) is 6.07 Å². The van der Waals surface area contributed by atoms with E-state index >= 15 is 0 Å². The van der Waals surface area contributed by atoms with Crippen LogP contribution in [0, 0.1) is 22.7 Å². The van der Waals surface area contributed by atoms with E-state index in [-0.39, 0.29) is 12.5 Å². The molecule has 0 spiro atoms. The first kappa shape index (κ1) is 14.4. The van der Waals surface area contributed by atoms with Crippen molar-refractivity contribution in [2.75, 3.05) is 13.2 Å². The summed E-state index contributed by atoms with van der Waals surface area (Å²) in [5, 5.41) is 11.9. The Kier molecular flexibility index (Phi) is 4.29. The summed E-state index contributed by atoms with van der Waals surface area (Å²) in [5.41, 5.74) is 0.737. The van der Waals surface area contributed by atoms with Gasteiger partial charge < -0.3 is 10.1 Å². The quantitative estimate of drug-likeness (QED) is 0.865. The number of ether oxygens (including phenoxy) is 1. The van der Waals surface area contributed by atoms with Crippen LogP contribution in [0.1, 0.15) is 32.3 Å². The monoisotopic (exact) mass is 272 g/mol. The van der Waals surface area contributed by atoms with E-state index < -0.39 is 0 Å². The van der Waals surface area contributed by atoms with Gasteiger partial charge in [0.15, 0.2) is 6.61 Å². The lowest BCUT2D eigenvalue weighted by Gasteiger charge is -2.20. The van der Waals surface area contributed by atoms with Crippen LogP contribution in [-0.4, -0.2) is 19.1 Å². The van der Waals surface area contributed by atoms with Gasteiger partial charge in [0.1, 0.15) is 11.8 Å². The zero-order chi connectivity index (χ0) is 14.6. The Morgan fingerprint density at radius 1 is 1.45 bits per heavy atom. The normalized spacial score (nSPS) is 15.5. The first-order valence-electron chi connectivity index (χ1n) is 6.96. The molecule has 2 rings (SSSR count). The summed E-state index contributed by atoms with van der Waals surface area (Å²) in [6.07, 6.45) is 2.37. The highest BCUT2D eigenvalue weighted by Crippen LogP contribution is 2.51. The average Bonchev–Trinajstić information content (AvgIpc) is 3.24. The molecule has 106 valence electrons. The lowest BCUT2D eigenvalue weighted by molar-refractivity contribution is -0.123. The minimum absolute atomic E-state index is 0.0487. The second-order valence-corrected chi connectivity index (χ2v) is 5.69. The Bertz CT molecular complexity index is 528. The molecule has 0 aliphatic heterocycles. The molecule has 1 N–H and O–H groups in total. The maximum Gasteiger partial charge on any atom is 0.257 e. The second-order valence-electron chi connectivity index (χ2n) is 5.69. The molecule has 0 radical (unpaired) electrons. The number of nitrogens with zero attached hydrogens (tertiary/aromatic N) is 1. The zero-order valence-corrected chi connectivity index (χ0v) is 12.0. The number of nitriles is 1. The molecule has 1 aromatic carbocycles. The number of amides is 1. The average molecular weight is 272 g/mol. The molecule has 1 saturated carbocycles. The molecule has 1 aromatic rings. The number of carbonyl (C=O) groups excluding carboxylic acids is 1. The molecular weight excluding hydrogens is 252 g/mol. The number of para-hydroxylation sites is 1. The molecule has 1 aliphatic rings. The van der Waals surface area contributed by atoms with E-state index in [1.54, 1.807) is 24.3 Å². The van der Waals surface area contributed by atoms with Crippen LogP contribution in [0.4, 0.5) is 0 Å². The van der Waals surface area contributed by atoms with Crippen molar-refractivity contribution in [3.63, 3.8) is 0 Å². The predicted octanol–water partition coefficient (Wildman–Crippen LogP) is 2.49. The van der Waals surface area contributed by atoms with E-state index in [9.17, 15) is 4.79 Å². The van der Waals surface area contributed by atoms with Crippen molar-refractivity contribution in [1.29, 1.82) is 5.26 Å². The van der Waals surface area contributed by atoms with Gasteiger partial charge in [-0.15, -0.1) is 0 Å². The third-order valence-corrected chi connectivity index (χ3v) is 4.12. The highest BCUT2D eigenvalue weighted by Gasteiger charge is 2.45. The highest BCUT2D eigenvalue weighted by molar-refractivity contribution is 5.77. The van der Waals surface area contributed by atoms with Crippen molar-refractivity contribution in [3.8, 4) is 11.8 Å². The van der Waals surface area contributed by atoms with Gasteiger partial charge in [0.2, 0.25) is 0 Å². The molecule has 4 heteroatoms. The topological polar surface area (TPSA) is 62.1 Å². The van der Waals surface area contributed by atoms with Crippen molar-refractivity contribution >= 4 is 5.91 Å². The predicted molar refractivity (Wildman–Crippen MR) is 76.2 cm³/mol. The van der Waals surface area contributed by atoms with Crippen LogP contribution in [0.25, 0.3) is 0 Å². The van der Waals surface area contributed by atoms with E-state index in [0.717, 1.165) is 0 Å². The van der Waals surface area contributed by atoms with E-state index in [2.05, 4.69) is 19.2 Å². The Morgan fingerprint density at radius 2 is 2.15 bits per heavy atom. The lowest BCUT2D eigenvalue weighted by Crippen LogP contribution is -2.35. The van der Waals surface area contributed by atoms with Gasteiger partial charge in [0, 0.05) is 6.54 Å². The summed E-state index contributed by atoms with van der Waals surface area (Å²) in [5.74, 6) is 0.905. The van der Waals surface area contributed by atoms with E-state index in [4.69, 9.17) is 10.00 Å². The smallest absolute Gasteiger partial charge is 0.257 e. The number of benzene rings is 1. The second kappa shape index (κ2) is 5.96. The van der Waals surface area contributed by atoms with Gasteiger partial charge in [-0.25, -0.2) is 0 Å². The van der Waals surface area contributed by atoms with E-state index in [0.29, 0.717) is 29.2 Å². The number of carbonyl (C=O) groups is 1. The Labute approximate surface area is 119 Å². The van der Waals surface area contributed by atoms with Crippen LogP contribution in [0.2, 0.25) is 0 Å². The zero-order valence-electron chi connectivity index (χ0n) is 12.0. The summed E-state index contributed by atoms with van der Waals surface area (Å²) in [6.45, 7) is 5.05. The molecule has 1 fully saturated rings. The van der Waals surface area contributed by atoms with Crippen LogP contribution < -0.4 is 10.1 Å². The molecule has 0 unspecified atom stereocenters. The van der Waals surface area contributed by atoms with Gasteiger partial charge in [0.05, 0.1) is 5.56 Å². The van der Waals surface area contributed by atoms with Gasteiger partial charge in [-0.1, -0.05) is 26.0 Å². The molecular formula is C16H20N2O2. The van der Waals surface area contributed by atoms with Crippen molar-refractivity contribution in [2.45, 2.75) is 26.7 Å². The molecule has 0 saturated heterocycles. The molecule has 4 nitrogen and oxygen atoms in total. The summed E-state index contributed by atoms with van der Waals surface area (Å²) < 4.78 is 5.40. The summed E-state index contributed by atoms with van der Waals surface area (Å²) >= 11 is 0. The maximum absolute atomic E-state index is 11.8. The van der Waals surface area contributed by atoms with Crippen molar-refractivity contribution in [1.82, 2.24) is 5.32 Å². The summed E-state index contributed by atoms with van der Waals surface area (Å²) in [6, 6.07) is 8.96. The maximum atomic E-state index is 11.8. The fourth-order valence-corrected chi connectivity index (χ4v) is 2.27. The Hall–Kier alpha value is -2.02. The molecule has 0 aromatic heterocycles. The third-order valence-electron chi connectivity index (χ3n) is 4.12. The molecule has 0 bridgehead atoms. The fraction of sp³-hybridized carbons (Fsp3) is 0.500. The van der Waals surface area contributed by atoms with Crippen LogP contribution in [-0.2, 0) is 4.79 Å². The number of hydrogen-bond donors (Lipinski definition) is 1. The lowest BCUT2D eigenvalue weighted by atomic mass is 9.92. The van der Waals surface area contributed by atoms with Gasteiger partial charge in [0.25, 0.3) is 5.91 Å². The fourth-order valence-electron chi connectivity index (χ4n) is 2.27. The highest BCUT2D eigenvalue weighted by atomic mass is 16.5. The van der Waals surface area contributed by atoms with Gasteiger partial charge in [-0.2, -0.15) is 5.26 Å². The first-order valence-corrected chi connectivity index (χ1v) is 6.96. The minimum atomic E-state index is -0.135. The number of rotatable bonds is 6. The van der Waals surface area contributed by atoms with Crippen LogP contribution in [0.5, 0.6) is 5.75 Å². The minimum Gasteiger partial charge on any atom is -0.482 e. The van der Waals surface area contributed by atoms with Gasteiger partial charge in [-0.3, -0.25) is 4.79 Å². The van der Waals surface area contributed by atoms with Crippen LogP contribution in [0.15, 0.2) is 24.3 Å². The van der Waals surface area contributed by atoms with Crippen molar-refractivity contribution < 1.29 is 9.53 Å². The summed E-state index contributed by atoms with van der Waals surface area (Å²) in [4.78, 5) is 11.8. The molecule has 1 aliphatic carbocycles.